The molecule has 1 heterocycles. The monoisotopic (exact) mass is 263 g/mol. The Morgan fingerprint density at radius 2 is 1.95 bits per heavy atom. The molecule has 1 aromatic heterocycles. The predicted molar refractivity (Wildman–Crippen MR) is 66.7 cm³/mol. The molecule has 1 N–H and O–H groups in total. The van der Waals surface area contributed by atoms with Crippen LogP contribution < -0.4 is 9.47 Å². The van der Waals surface area contributed by atoms with E-state index in [2.05, 4.69) is 4.98 Å². The molecule has 0 bridgehead atoms. The number of benzene rings is 1. The normalized spacial score (nSPS) is 10.3. The van der Waals surface area contributed by atoms with Crippen molar-refractivity contribution in [3.63, 3.8) is 0 Å². The lowest BCUT2D eigenvalue weighted by molar-refractivity contribution is 0.0662. The van der Waals surface area contributed by atoms with E-state index in [4.69, 9.17) is 19.0 Å². The number of aryl methyl sites for hydroxylation is 1. The summed E-state index contributed by atoms with van der Waals surface area (Å²) in [6, 6.07) is 5.04. The van der Waals surface area contributed by atoms with Gasteiger partial charge in [0.2, 0.25) is 5.76 Å². The summed E-state index contributed by atoms with van der Waals surface area (Å²) in [6.45, 7) is 1.59. The van der Waals surface area contributed by atoms with Crippen molar-refractivity contribution < 1.29 is 23.8 Å². The molecule has 0 aliphatic rings. The number of ether oxygens (including phenoxy) is 2. The molecule has 0 atom stereocenters. The fourth-order valence-corrected chi connectivity index (χ4v) is 1.75. The van der Waals surface area contributed by atoms with Crippen LogP contribution in [0.25, 0.3) is 11.3 Å². The van der Waals surface area contributed by atoms with E-state index in [1.165, 1.54) is 14.2 Å². The number of carboxylic acid groups (broad SMARTS) is 1. The molecule has 0 aliphatic heterocycles. The highest BCUT2D eigenvalue weighted by Gasteiger charge is 2.20. The van der Waals surface area contributed by atoms with Crippen LogP contribution in [-0.2, 0) is 0 Å². The van der Waals surface area contributed by atoms with Gasteiger partial charge in [0, 0.05) is 12.5 Å². The van der Waals surface area contributed by atoms with Crippen molar-refractivity contribution in [1.82, 2.24) is 4.98 Å². The van der Waals surface area contributed by atoms with E-state index < -0.39 is 5.97 Å². The third-order valence-corrected chi connectivity index (χ3v) is 2.59. The van der Waals surface area contributed by atoms with Crippen molar-refractivity contribution in [1.29, 1.82) is 0 Å². The van der Waals surface area contributed by atoms with Crippen molar-refractivity contribution in [3.8, 4) is 22.8 Å². The lowest BCUT2D eigenvalue weighted by Gasteiger charge is -2.08. The lowest BCUT2D eigenvalue weighted by atomic mass is 10.1. The van der Waals surface area contributed by atoms with Crippen molar-refractivity contribution in [2.45, 2.75) is 6.92 Å². The highest BCUT2D eigenvalue weighted by molar-refractivity contribution is 5.92. The van der Waals surface area contributed by atoms with Crippen molar-refractivity contribution in [3.05, 3.63) is 29.9 Å². The fourth-order valence-electron chi connectivity index (χ4n) is 1.75. The molecule has 1 aromatic carbocycles. The summed E-state index contributed by atoms with van der Waals surface area (Å²) < 4.78 is 15.4. The minimum atomic E-state index is -1.16. The molecule has 6 heteroatoms. The molecule has 0 fully saturated rings. The molecular weight excluding hydrogens is 250 g/mol. The van der Waals surface area contributed by atoms with E-state index in [1.54, 1.807) is 25.1 Å². The van der Waals surface area contributed by atoms with Crippen LogP contribution in [0.15, 0.2) is 22.6 Å². The number of carboxylic acids is 1. The van der Waals surface area contributed by atoms with Gasteiger partial charge in [-0.1, -0.05) is 0 Å². The summed E-state index contributed by atoms with van der Waals surface area (Å²) in [5, 5.41) is 9.08. The topological polar surface area (TPSA) is 81.8 Å². The minimum Gasteiger partial charge on any atom is -0.493 e. The molecule has 2 rings (SSSR count). The zero-order valence-electron chi connectivity index (χ0n) is 10.8. The Morgan fingerprint density at radius 3 is 2.53 bits per heavy atom. The fraction of sp³-hybridized carbons (Fsp3) is 0.231. The first-order valence-corrected chi connectivity index (χ1v) is 5.50. The highest BCUT2D eigenvalue weighted by Crippen LogP contribution is 2.33. The number of aromatic nitrogens is 1. The van der Waals surface area contributed by atoms with E-state index in [0.717, 1.165) is 0 Å². The Kier molecular flexibility index (Phi) is 3.41. The maximum absolute atomic E-state index is 11.1. The van der Waals surface area contributed by atoms with Crippen LogP contribution in [0, 0.1) is 6.92 Å². The lowest BCUT2D eigenvalue weighted by Crippen LogP contribution is -1.97. The van der Waals surface area contributed by atoms with Crippen LogP contribution in [0.4, 0.5) is 0 Å². The molecule has 0 amide bonds. The average Bonchev–Trinajstić information content (AvgIpc) is 2.80. The Morgan fingerprint density at radius 1 is 1.26 bits per heavy atom. The second-order valence-electron chi connectivity index (χ2n) is 3.79. The van der Waals surface area contributed by atoms with Gasteiger partial charge in [0.1, 0.15) is 5.69 Å². The molecule has 2 aromatic rings. The molecule has 0 spiro atoms. The number of hydrogen-bond donors (Lipinski definition) is 1. The number of methoxy groups -OCH3 is 2. The van der Waals surface area contributed by atoms with Gasteiger partial charge < -0.3 is 19.0 Å². The van der Waals surface area contributed by atoms with E-state index in [1.807, 2.05) is 0 Å². The van der Waals surface area contributed by atoms with E-state index >= 15 is 0 Å². The number of carbonyl (C=O) groups is 1. The summed E-state index contributed by atoms with van der Waals surface area (Å²) in [5.74, 6) is -0.00220. The van der Waals surface area contributed by atoms with Gasteiger partial charge in [-0.05, 0) is 18.2 Å². The number of rotatable bonds is 4. The molecule has 0 saturated carbocycles. The first kappa shape index (κ1) is 12.9. The molecule has 0 saturated heterocycles. The molecular formula is C13H13NO5. The summed E-state index contributed by atoms with van der Waals surface area (Å²) in [5.41, 5.74) is 0.859. The van der Waals surface area contributed by atoms with Gasteiger partial charge in [0.05, 0.1) is 14.2 Å². The Balaban J connectivity index is 2.56. The first-order valence-electron chi connectivity index (χ1n) is 5.50. The smallest absolute Gasteiger partial charge is 0.374 e. The molecule has 0 unspecified atom stereocenters. The summed E-state index contributed by atoms with van der Waals surface area (Å²) in [6.07, 6.45) is 0. The molecule has 6 nitrogen and oxygen atoms in total. The molecule has 0 aliphatic carbocycles. The van der Waals surface area contributed by atoms with Crippen LogP contribution in [0.1, 0.15) is 16.4 Å². The van der Waals surface area contributed by atoms with Gasteiger partial charge in [0.25, 0.3) is 0 Å². The van der Waals surface area contributed by atoms with E-state index in [-0.39, 0.29) is 11.5 Å². The molecule has 0 radical (unpaired) electrons. The van der Waals surface area contributed by atoms with Gasteiger partial charge in [-0.2, -0.15) is 0 Å². The quantitative estimate of drug-likeness (QED) is 0.911. The van der Waals surface area contributed by atoms with Crippen LogP contribution in [-0.4, -0.2) is 30.3 Å². The zero-order chi connectivity index (χ0) is 14.0. The van der Waals surface area contributed by atoms with E-state index in [9.17, 15) is 4.79 Å². The van der Waals surface area contributed by atoms with Gasteiger partial charge in [-0.25, -0.2) is 9.78 Å². The van der Waals surface area contributed by atoms with Gasteiger partial charge in [-0.15, -0.1) is 0 Å². The molecule has 100 valence electrons. The van der Waals surface area contributed by atoms with Gasteiger partial charge >= 0.3 is 5.97 Å². The van der Waals surface area contributed by atoms with Crippen LogP contribution in [0.3, 0.4) is 0 Å². The van der Waals surface area contributed by atoms with Crippen molar-refractivity contribution in [2.75, 3.05) is 14.2 Å². The second-order valence-corrected chi connectivity index (χ2v) is 3.79. The van der Waals surface area contributed by atoms with Gasteiger partial charge in [0.15, 0.2) is 17.4 Å². The number of oxazole rings is 1. The summed E-state index contributed by atoms with van der Waals surface area (Å²) in [4.78, 5) is 15.2. The van der Waals surface area contributed by atoms with E-state index in [0.29, 0.717) is 23.0 Å². The number of nitrogens with zero attached hydrogens (tertiary/aromatic N) is 1. The summed E-state index contributed by atoms with van der Waals surface area (Å²) >= 11 is 0. The Labute approximate surface area is 109 Å². The minimum absolute atomic E-state index is 0.190. The standard InChI is InChI=1S/C13H13NO5/c1-7-14-11(12(19-7)13(15)16)8-4-5-9(17-2)10(6-8)18-3/h4-6H,1-3H3,(H,15,16). The van der Waals surface area contributed by atoms with Crippen molar-refractivity contribution in [2.24, 2.45) is 0 Å². The maximum atomic E-state index is 11.1. The predicted octanol–water partition coefficient (Wildman–Crippen LogP) is 2.37. The molecule has 19 heavy (non-hydrogen) atoms. The first-order chi connectivity index (χ1) is 9.06. The summed E-state index contributed by atoms with van der Waals surface area (Å²) in [7, 11) is 3.04. The van der Waals surface area contributed by atoms with Crippen molar-refractivity contribution >= 4 is 5.97 Å². The highest BCUT2D eigenvalue weighted by atomic mass is 16.5. The van der Waals surface area contributed by atoms with Crippen LogP contribution in [0.5, 0.6) is 11.5 Å². The third-order valence-electron chi connectivity index (χ3n) is 2.59. The van der Waals surface area contributed by atoms with Gasteiger partial charge in [-0.3, -0.25) is 0 Å². The Bertz CT molecular complexity index is 617. The number of aromatic carboxylic acids is 1. The maximum Gasteiger partial charge on any atom is 0.374 e. The largest absolute Gasteiger partial charge is 0.493 e. The average molecular weight is 263 g/mol. The van der Waals surface area contributed by atoms with Crippen LogP contribution in [0.2, 0.25) is 0 Å². The zero-order valence-corrected chi connectivity index (χ0v) is 10.8. The SMILES string of the molecule is COc1ccc(-c2nc(C)oc2C(=O)O)cc1OC. The number of hydrogen-bond acceptors (Lipinski definition) is 5. The third kappa shape index (κ3) is 2.37. The Hall–Kier alpha value is -2.50. The van der Waals surface area contributed by atoms with Crippen LogP contribution >= 0.6 is 0 Å². The second kappa shape index (κ2) is 5.01.